The number of hydrogen-bond donors (Lipinski definition) is 2. The van der Waals surface area contributed by atoms with Crippen molar-refractivity contribution in [3.05, 3.63) is 41.3 Å². The van der Waals surface area contributed by atoms with Crippen LogP contribution in [0.5, 0.6) is 0 Å². The maximum Gasteiger partial charge on any atom is 0.213 e. The molecule has 0 saturated heterocycles. The lowest BCUT2D eigenvalue weighted by Gasteiger charge is -2.01. The van der Waals surface area contributed by atoms with Crippen LogP contribution in [-0.2, 0) is 0 Å². The van der Waals surface area contributed by atoms with Crippen molar-refractivity contribution in [3.63, 3.8) is 0 Å². The van der Waals surface area contributed by atoms with Gasteiger partial charge >= 0.3 is 0 Å². The molecule has 0 spiro atoms. The minimum Gasteiger partial charge on any atom is -0.280 e. The number of rotatable bonds is 1. The molecular weight excluding hydrogens is 220 g/mol. The predicted molar refractivity (Wildman–Crippen MR) is 64.5 cm³/mol. The van der Waals surface area contributed by atoms with Gasteiger partial charge in [-0.25, -0.2) is 0 Å². The molecule has 0 amide bonds. The molecule has 0 fully saturated rings. The van der Waals surface area contributed by atoms with E-state index in [1.165, 1.54) is 0 Å². The maximum atomic E-state index is 4.93. The lowest BCUT2D eigenvalue weighted by Crippen LogP contribution is -1.87. The number of pyridine rings is 1. The van der Waals surface area contributed by atoms with E-state index in [0.717, 1.165) is 16.5 Å². The molecule has 0 radical (unpaired) electrons. The van der Waals surface area contributed by atoms with Crippen LogP contribution >= 0.6 is 12.2 Å². The molecule has 0 aliphatic carbocycles. The summed E-state index contributed by atoms with van der Waals surface area (Å²) in [5.74, 6) is 0.668. The van der Waals surface area contributed by atoms with Gasteiger partial charge in [0.1, 0.15) is 5.69 Å². The Kier molecular flexibility index (Phi) is 2.04. The Morgan fingerprint density at radius 1 is 1.06 bits per heavy atom. The van der Waals surface area contributed by atoms with E-state index in [1.54, 1.807) is 6.20 Å². The highest BCUT2D eigenvalue weighted by atomic mass is 32.1. The van der Waals surface area contributed by atoms with Crippen molar-refractivity contribution in [1.82, 2.24) is 20.2 Å². The molecule has 78 valence electrons. The van der Waals surface area contributed by atoms with E-state index in [9.17, 15) is 0 Å². The van der Waals surface area contributed by atoms with Crippen molar-refractivity contribution in [2.24, 2.45) is 0 Å². The van der Waals surface area contributed by atoms with Gasteiger partial charge in [0, 0.05) is 11.6 Å². The van der Waals surface area contributed by atoms with Crippen LogP contribution in [0.25, 0.3) is 22.3 Å². The molecule has 0 unspecified atom stereocenters. The highest BCUT2D eigenvalue weighted by Crippen LogP contribution is 2.22. The van der Waals surface area contributed by atoms with Gasteiger partial charge in [-0.3, -0.25) is 15.2 Å². The summed E-state index contributed by atoms with van der Waals surface area (Å²) in [6.07, 6.45) is 1.77. The van der Waals surface area contributed by atoms with Crippen LogP contribution < -0.4 is 0 Å². The first-order valence-corrected chi connectivity index (χ1v) is 5.24. The lowest BCUT2D eigenvalue weighted by molar-refractivity contribution is 1.08. The van der Waals surface area contributed by atoms with Crippen LogP contribution in [0.4, 0.5) is 0 Å². The van der Waals surface area contributed by atoms with Gasteiger partial charge in [0.05, 0.1) is 0 Å². The molecule has 4 nitrogen and oxygen atoms in total. The Morgan fingerprint density at radius 2 is 1.94 bits per heavy atom. The first-order chi connectivity index (χ1) is 7.84. The van der Waals surface area contributed by atoms with Gasteiger partial charge in [0.2, 0.25) is 4.77 Å². The summed E-state index contributed by atoms with van der Waals surface area (Å²) in [6, 6.07) is 10.0. The minimum atomic E-state index is 0.435. The van der Waals surface area contributed by atoms with Crippen molar-refractivity contribution >= 4 is 23.0 Å². The minimum absolute atomic E-state index is 0.435. The number of benzene rings is 1. The zero-order valence-corrected chi connectivity index (χ0v) is 9.08. The molecular formula is C11H8N4S. The van der Waals surface area contributed by atoms with Gasteiger partial charge in [0.25, 0.3) is 0 Å². The molecule has 0 aliphatic heterocycles. The third-order valence-corrected chi connectivity index (χ3v) is 2.59. The van der Waals surface area contributed by atoms with E-state index in [4.69, 9.17) is 12.2 Å². The molecule has 0 aliphatic rings. The number of fused-ring (bicyclic) bond motifs is 1. The molecule has 3 rings (SSSR count). The summed E-state index contributed by atoms with van der Waals surface area (Å²) in [5.41, 5.74) is 0.811. The van der Waals surface area contributed by atoms with Crippen LogP contribution in [0.1, 0.15) is 0 Å². The van der Waals surface area contributed by atoms with Gasteiger partial charge in [-0.1, -0.05) is 24.3 Å². The van der Waals surface area contributed by atoms with Gasteiger partial charge in [-0.15, -0.1) is 0 Å². The average molecular weight is 228 g/mol. The second kappa shape index (κ2) is 3.53. The predicted octanol–water partition coefficient (Wildman–Crippen LogP) is 2.68. The van der Waals surface area contributed by atoms with Gasteiger partial charge in [0.15, 0.2) is 5.82 Å². The Bertz CT molecular complexity index is 693. The van der Waals surface area contributed by atoms with Crippen LogP contribution in [0.2, 0.25) is 0 Å². The van der Waals surface area contributed by atoms with E-state index in [1.807, 2.05) is 30.3 Å². The molecule has 0 saturated carbocycles. The molecule has 16 heavy (non-hydrogen) atoms. The van der Waals surface area contributed by atoms with Gasteiger partial charge in [-0.05, 0) is 23.7 Å². The highest BCUT2D eigenvalue weighted by Gasteiger charge is 2.06. The van der Waals surface area contributed by atoms with E-state index < -0.39 is 0 Å². The summed E-state index contributed by atoms with van der Waals surface area (Å²) >= 11 is 4.93. The normalized spacial score (nSPS) is 10.8. The second-order valence-electron chi connectivity index (χ2n) is 3.40. The largest absolute Gasteiger partial charge is 0.280 e. The van der Waals surface area contributed by atoms with Gasteiger partial charge in [-0.2, -0.15) is 4.98 Å². The fourth-order valence-electron chi connectivity index (χ4n) is 1.69. The standard InChI is InChI=1S/C11H8N4S/c16-11-13-10(14-15-11)9-8-4-2-1-3-7(8)5-6-12-9/h1-6H,(H2,13,14,15,16). The second-order valence-corrected chi connectivity index (χ2v) is 3.78. The molecule has 0 atom stereocenters. The van der Waals surface area contributed by atoms with Crippen molar-refractivity contribution in [2.75, 3.05) is 0 Å². The highest BCUT2D eigenvalue weighted by molar-refractivity contribution is 7.71. The molecule has 3 aromatic rings. The zero-order chi connectivity index (χ0) is 11.0. The van der Waals surface area contributed by atoms with E-state index >= 15 is 0 Å². The molecule has 5 heteroatoms. The SMILES string of the molecule is S=c1nc(-c2nccc3ccccc23)[nH][nH]1. The lowest BCUT2D eigenvalue weighted by atomic mass is 10.1. The van der Waals surface area contributed by atoms with E-state index in [2.05, 4.69) is 20.2 Å². The van der Waals surface area contributed by atoms with Crippen LogP contribution in [0, 0.1) is 4.77 Å². The van der Waals surface area contributed by atoms with Crippen molar-refractivity contribution < 1.29 is 0 Å². The third kappa shape index (κ3) is 1.42. The average Bonchev–Trinajstić information content (AvgIpc) is 2.75. The van der Waals surface area contributed by atoms with Gasteiger partial charge < -0.3 is 0 Å². The summed E-state index contributed by atoms with van der Waals surface area (Å²) < 4.78 is 0.435. The Balaban J connectivity index is 2.35. The number of aromatic nitrogens is 4. The Hall–Kier alpha value is -2.01. The third-order valence-electron chi connectivity index (χ3n) is 2.40. The molecule has 0 bridgehead atoms. The Labute approximate surface area is 96.4 Å². The van der Waals surface area contributed by atoms with Crippen molar-refractivity contribution in [1.29, 1.82) is 0 Å². The van der Waals surface area contributed by atoms with Crippen LogP contribution in [-0.4, -0.2) is 20.2 Å². The quantitative estimate of drug-likeness (QED) is 0.629. The topological polar surface area (TPSA) is 57.4 Å². The summed E-state index contributed by atoms with van der Waals surface area (Å²) in [7, 11) is 0. The Morgan fingerprint density at radius 3 is 2.75 bits per heavy atom. The molecule has 2 N–H and O–H groups in total. The molecule has 2 aromatic heterocycles. The zero-order valence-electron chi connectivity index (χ0n) is 8.27. The number of H-pyrrole nitrogens is 2. The van der Waals surface area contributed by atoms with Crippen molar-refractivity contribution in [3.8, 4) is 11.5 Å². The first kappa shape index (κ1) is 9.23. The summed E-state index contributed by atoms with van der Waals surface area (Å²) in [6.45, 7) is 0. The molecule has 1 aromatic carbocycles. The maximum absolute atomic E-state index is 4.93. The summed E-state index contributed by atoms with van der Waals surface area (Å²) in [5, 5.41) is 7.87. The number of aromatic amines is 2. The first-order valence-electron chi connectivity index (χ1n) is 4.83. The van der Waals surface area contributed by atoms with E-state index in [-0.39, 0.29) is 0 Å². The smallest absolute Gasteiger partial charge is 0.213 e. The van der Waals surface area contributed by atoms with Crippen LogP contribution in [0.15, 0.2) is 36.5 Å². The number of hydrogen-bond acceptors (Lipinski definition) is 3. The van der Waals surface area contributed by atoms with Crippen molar-refractivity contribution in [2.45, 2.75) is 0 Å². The van der Waals surface area contributed by atoms with E-state index in [0.29, 0.717) is 10.6 Å². The molecule has 2 heterocycles. The fourth-order valence-corrected chi connectivity index (χ4v) is 1.83. The van der Waals surface area contributed by atoms with Crippen LogP contribution in [0.3, 0.4) is 0 Å². The monoisotopic (exact) mass is 228 g/mol. The fraction of sp³-hybridized carbons (Fsp3) is 0. The summed E-state index contributed by atoms with van der Waals surface area (Å²) in [4.78, 5) is 8.50. The number of nitrogens with one attached hydrogen (secondary N) is 2. The number of nitrogens with zero attached hydrogens (tertiary/aromatic N) is 2.